The van der Waals surface area contributed by atoms with Gasteiger partial charge in [-0.3, -0.25) is 4.79 Å². The summed E-state index contributed by atoms with van der Waals surface area (Å²) in [6.07, 6.45) is 6.14. The normalized spacial score (nSPS) is 17.7. The van der Waals surface area contributed by atoms with Gasteiger partial charge in [-0.05, 0) is 42.6 Å². The van der Waals surface area contributed by atoms with Gasteiger partial charge in [0.25, 0.3) is 0 Å². The summed E-state index contributed by atoms with van der Waals surface area (Å²) in [5.74, 6) is 0.0603. The molecule has 1 heterocycles. The third-order valence-corrected chi connectivity index (χ3v) is 3.82. The number of nitrogens with one attached hydrogen (secondary N) is 2. The van der Waals surface area contributed by atoms with Gasteiger partial charge in [0, 0.05) is 5.69 Å². The molecule has 2 N–H and O–H groups in total. The van der Waals surface area contributed by atoms with Crippen molar-refractivity contribution in [3.8, 4) is 0 Å². The summed E-state index contributed by atoms with van der Waals surface area (Å²) in [4.78, 5) is 12.0. The fourth-order valence-corrected chi connectivity index (χ4v) is 2.57. The van der Waals surface area contributed by atoms with Crippen molar-refractivity contribution in [1.82, 2.24) is 5.32 Å². The Bertz CT molecular complexity index is 641. The van der Waals surface area contributed by atoms with Gasteiger partial charge in [-0.15, -0.1) is 0 Å². The average Bonchev–Trinajstić information content (AvgIpc) is 3.10. The second-order valence-corrected chi connectivity index (χ2v) is 5.50. The van der Waals surface area contributed by atoms with E-state index < -0.39 is 0 Å². The van der Waals surface area contributed by atoms with Crippen molar-refractivity contribution < 1.29 is 4.79 Å². The number of rotatable bonds is 4. The average molecular weight is 292 g/mol. The van der Waals surface area contributed by atoms with Crippen LogP contribution in [-0.2, 0) is 4.79 Å². The minimum Gasteiger partial charge on any atom is -0.325 e. The minimum absolute atomic E-state index is 0.0438. The number of carbonyl (C=O) groups is 1. The molecular weight excluding hydrogens is 272 g/mol. The number of amides is 1. The number of carbonyl (C=O) groups excluding carboxylic acids is 1. The summed E-state index contributed by atoms with van der Waals surface area (Å²) in [5, 5.41) is 6.16. The number of anilines is 1. The maximum atomic E-state index is 12.0. The van der Waals surface area contributed by atoms with Gasteiger partial charge in [-0.25, -0.2) is 0 Å². The van der Waals surface area contributed by atoms with E-state index in [1.165, 1.54) is 5.56 Å². The first-order valence-corrected chi connectivity index (χ1v) is 7.69. The SMILES string of the molecule is O=C(Nc1ccc(/C=C/c2ccccc2)cc1)C1CCCN1. The third kappa shape index (κ3) is 3.83. The van der Waals surface area contributed by atoms with Gasteiger partial charge in [0.1, 0.15) is 0 Å². The Kier molecular flexibility index (Phi) is 4.66. The van der Waals surface area contributed by atoms with Crippen molar-refractivity contribution in [3.05, 3.63) is 65.7 Å². The second-order valence-electron chi connectivity index (χ2n) is 5.50. The first-order valence-electron chi connectivity index (χ1n) is 7.69. The molecule has 2 aromatic rings. The highest BCUT2D eigenvalue weighted by atomic mass is 16.2. The largest absolute Gasteiger partial charge is 0.325 e. The molecular formula is C19H20N2O. The molecule has 0 aliphatic carbocycles. The van der Waals surface area contributed by atoms with E-state index in [1.807, 2.05) is 42.5 Å². The third-order valence-electron chi connectivity index (χ3n) is 3.82. The van der Waals surface area contributed by atoms with Crippen LogP contribution in [0.2, 0.25) is 0 Å². The molecule has 1 fully saturated rings. The Hall–Kier alpha value is -2.39. The Morgan fingerprint density at radius 2 is 1.68 bits per heavy atom. The van der Waals surface area contributed by atoms with Gasteiger partial charge in [0.15, 0.2) is 0 Å². The number of hydrogen-bond donors (Lipinski definition) is 2. The molecule has 0 spiro atoms. The van der Waals surface area contributed by atoms with Crippen LogP contribution in [0.5, 0.6) is 0 Å². The second kappa shape index (κ2) is 7.05. The van der Waals surface area contributed by atoms with Crippen molar-refractivity contribution in [2.75, 3.05) is 11.9 Å². The molecule has 3 nitrogen and oxygen atoms in total. The van der Waals surface area contributed by atoms with Crippen LogP contribution in [0.15, 0.2) is 54.6 Å². The molecule has 0 radical (unpaired) electrons. The molecule has 1 aliphatic heterocycles. The zero-order valence-corrected chi connectivity index (χ0v) is 12.5. The van der Waals surface area contributed by atoms with Crippen LogP contribution in [0.4, 0.5) is 5.69 Å². The number of hydrogen-bond acceptors (Lipinski definition) is 2. The predicted molar refractivity (Wildman–Crippen MR) is 91.5 cm³/mol. The van der Waals surface area contributed by atoms with Crippen LogP contribution < -0.4 is 10.6 Å². The fraction of sp³-hybridized carbons (Fsp3) is 0.211. The summed E-state index contributed by atoms with van der Waals surface area (Å²) >= 11 is 0. The Balaban J connectivity index is 1.60. The highest BCUT2D eigenvalue weighted by molar-refractivity contribution is 5.95. The minimum atomic E-state index is -0.0438. The van der Waals surface area contributed by atoms with E-state index in [0.29, 0.717) is 0 Å². The molecule has 0 aromatic heterocycles. The molecule has 3 heteroatoms. The van der Waals surface area contributed by atoms with Crippen molar-refractivity contribution in [2.45, 2.75) is 18.9 Å². The molecule has 1 atom stereocenters. The van der Waals surface area contributed by atoms with Crippen LogP contribution in [-0.4, -0.2) is 18.5 Å². The smallest absolute Gasteiger partial charge is 0.241 e. The van der Waals surface area contributed by atoms with Crippen molar-refractivity contribution in [1.29, 1.82) is 0 Å². The van der Waals surface area contributed by atoms with E-state index >= 15 is 0 Å². The van der Waals surface area contributed by atoms with E-state index in [9.17, 15) is 4.79 Å². The van der Waals surface area contributed by atoms with Gasteiger partial charge >= 0.3 is 0 Å². The van der Waals surface area contributed by atoms with Gasteiger partial charge in [0.2, 0.25) is 5.91 Å². The lowest BCUT2D eigenvalue weighted by molar-refractivity contribution is -0.117. The zero-order valence-electron chi connectivity index (χ0n) is 12.5. The van der Waals surface area contributed by atoms with E-state index in [0.717, 1.165) is 30.6 Å². The lowest BCUT2D eigenvalue weighted by Crippen LogP contribution is -2.35. The summed E-state index contributed by atoms with van der Waals surface area (Å²) in [6, 6.07) is 18.1. The first-order chi connectivity index (χ1) is 10.8. The van der Waals surface area contributed by atoms with E-state index in [1.54, 1.807) is 0 Å². The van der Waals surface area contributed by atoms with E-state index in [4.69, 9.17) is 0 Å². The molecule has 1 amide bonds. The maximum absolute atomic E-state index is 12.0. The molecule has 1 saturated heterocycles. The lowest BCUT2D eigenvalue weighted by Gasteiger charge is -2.11. The van der Waals surface area contributed by atoms with Crippen molar-refractivity contribution in [2.24, 2.45) is 0 Å². The summed E-state index contributed by atoms with van der Waals surface area (Å²) in [6.45, 7) is 0.932. The summed E-state index contributed by atoms with van der Waals surface area (Å²) in [7, 11) is 0. The molecule has 1 aliphatic rings. The van der Waals surface area contributed by atoms with Crippen LogP contribution >= 0.6 is 0 Å². The predicted octanol–water partition coefficient (Wildman–Crippen LogP) is 3.55. The van der Waals surface area contributed by atoms with Gasteiger partial charge < -0.3 is 10.6 Å². The fourth-order valence-electron chi connectivity index (χ4n) is 2.57. The maximum Gasteiger partial charge on any atom is 0.241 e. The van der Waals surface area contributed by atoms with Gasteiger partial charge in [-0.2, -0.15) is 0 Å². The first kappa shape index (κ1) is 14.5. The van der Waals surface area contributed by atoms with Crippen LogP contribution in [0.3, 0.4) is 0 Å². The lowest BCUT2D eigenvalue weighted by atomic mass is 10.1. The van der Waals surface area contributed by atoms with E-state index in [2.05, 4.69) is 34.9 Å². The van der Waals surface area contributed by atoms with Crippen LogP contribution in [0.25, 0.3) is 12.2 Å². The summed E-state index contributed by atoms with van der Waals surface area (Å²) < 4.78 is 0. The van der Waals surface area contributed by atoms with Gasteiger partial charge in [-0.1, -0.05) is 54.6 Å². The highest BCUT2D eigenvalue weighted by Crippen LogP contribution is 2.14. The van der Waals surface area contributed by atoms with E-state index in [-0.39, 0.29) is 11.9 Å². The Labute approximate surface area is 131 Å². The van der Waals surface area contributed by atoms with Crippen LogP contribution in [0.1, 0.15) is 24.0 Å². The topological polar surface area (TPSA) is 41.1 Å². The summed E-state index contributed by atoms with van der Waals surface area (Å²) in [5.41, 5.74) is 3.13. The molecule has 1 unspecified atom stereocenters. The van der Waals surface area contributed by atoms with Crippen LogP contribution in [0, 0.1) is 0 Å². The molecule has 3 rings (SSSR count). The molecule has 2 aromatic carbocycles. The highest BCUT2D eigenvalue weighted by Gasteiger charge is 2.21. The van der Waals surface area contributed by atoms with Gasteiger partial charge in [0.05, 0.1) is 6.04 Å². The standard InChI is InChI=1S/C19H20N2O/c22-19(18-7-4-14-20-18)21-17-12-10-16(11-13-17)9-8-15-5-2-1-3-6-15/h1-3,5-6,8-13,18,20H,4,7,14H2,(H,21,22)/b9-8+. The molecule has 0 bridgehead atoms. The quantitative estimate of drug-likeness (QED) is 0.846. The molecule has 22 heavy (non-hydrogen) atoms. The monoisotopic (exact) mass is 292 g/mol. The zero-order chi connectivity index (χ0) is 15.2. The number of benzene rings is 2. The molecule has 0 saturated carbocycles. The molecule has 112 valence electrons. The Morgan fingerprint density at radius 1 is 1.00 bits per heavy atom. The van der Waals surface area contributed by atoms with Crippen molar-refractivity contribution in [3.63, 3.8) is 0 Å². The van der Waals surface area contributed by atoms with Crippen molar-refractivity contribution >= 4 is 23.7 Å². The Morgan fingerprint density at radius 3 is 2.32 bits per heavy atom.